The molecule has 9 heteroatoms. The van der Waals surface area contributed by atoms with E-state index in [0.717, 1.165) is 17.8 Å². The predicted molar refractivity (Wildman–Crippen MR) is 99.9 cm³/mol. The Balaban J connectivity index is 2.47. The van der Waals surface area contributed by atoms with Gasteiger partial charge in [0, 0.05) is 6.54 Å². The first-order valence-corrected chi connectivity index (χ1v) is 9.53. The van der Waals surface area contributed by atoms with Gasteiger partial charge in [-0.05, 0) is 46.7 Å². The first-order chi connectivity index (χ1) is 11.5. The minimum absolute atomic E-state index is 0.224. The van der Waals surface area contributed by atoms with Gasteiger partial charge in [0.15, 0.2) is 0 Å². The summed E-state index contributed by atoms with van der Waals surface area (Å²) >= 11 is 4.40. The molecule has 2 rings (SSSR count). The van der Waals surface area contributed by atoms with Crippen LogP contribution in [0.1, 0.15) is 49.7 Å². The van der Waals surface area contributed by atoms with Gasteiger partial charge in [0.2, 0.25) is 0 Å². The zero-order valence-electron chi connectivity index (χ0n) is 14.4. The monoisotopic (exact) mass is 431 g/mol. The van der Waals surface area contributed by atoms with Crippen molar-refractivity contribution in [1.82, 2.24) is 4.90 Å². The van der Waals surface area contributed by atoms with Crippen molar-refractivity contribution in [1.29, 1.82) is 0 Å². The van der Waals surface area contributed by atoms with Crippen LogP contribution in [-0.4, -0.2) is 40.0 Å². The van der Waals surface area contributed by atoms with Gasteiger partial charge in [0.05, 0.1) is 9.47 Å². The Kier molecular flexibility index (Phi) is 5.48. The second-order valence-electron chi connectivity index (χ2n) is 7.11. The van der Waals surface area contributed by atoms with Gasteiger partial charge in [0.1, 0.15) is 10.4 Å². The molecule has 0 unspecified atom stereocenters. The Morgan fingerprint density at radius 3 is 2.52 bits per heavy atom. The third kappa shape index (κ3) is 3.52. The maximum atomic E-state index is 13.3. The number of nitrogens with one attached hydrogen (secondary N) is 1. The Labute approximate surface area is 158 Å². The van der Waals surface area contributed by atoms with Crippen molar-refractivity contribution in [3.63, 3.8) is 0 Å². The number of carbonyl (C=O) groups excluding carboxylic acids is 2. The third-order valence-corrected chi connectivity index (χ3v) is 6.30. The van der Waals surface area contributed by atoms with Crippen LogP contribution in [0.4, 0.5) is 10.5 Å². The van der Waals surface area contributed by atoms with Crippen LogP contribution in [0, 0.1) is 5.41 Å². The van der Waals surface area contributed by atoms with Crippen LogP contribution >= 0.6 is 27.3 Å². The molecule has 4 N–H and O–H groups in total. The van der Waals surface area contributed by atoms with Gasteiger partial charge < -0.3 is 16.2 Å². The van der Waals surface area contributed by atoms with Crippen LogP contribution in [0.25, 0.3) is 0 Å². The van der Waals surface area contributed by atoms with Gasteiger partial charge in [-0.2, -0.15) is 0 Å². The average molecular weight is 432 g/mol. The van der Waals surface area contributed by atoms with E-state index in [0.29, 0.717) is 28.9 Å². The normalized spacial score (nSPS) is 21.0. The molecular formula is C16H22BrN3O4S. The molecule has 0 aliphatic carbocycles. The number of primary amides is 1. The largest absolute Gasteiger partial charge is 0.465 e. The highest BCUT2D eigenvalue weighted by molar-refractivity contribution is 9.11. The zero-order chi connectivity index (χ0) is 19.0. The number of likely N-dealkylation sites (tertiary alicyclic amines) is 1. The van der Waals surface area contributed by atoms with Crippen molar-refractivity contribution in [3.05, 3.63) is 14.7 Å². The van der Waals surface area contributed by atoms with Crippen molar-refractivity contribution in [2.24, 2.45) is 11.1 Å². The average Bonchev–Trinajstić information content (AvgIpc) is 2.86. The minimum Gasteiger partial charge on any atom is -0.465 e. The van der Waals surface area contributed by atoms with Gasteiger partial charge in [-0.1, -0.05) is 20.8 Å². The number of nitrogens with two attached hydrogens (primary N) is 1. The molecule has 0 radical (unpaired) electrons. The quantitative estimate of drug-likeness (QED) is 0.679. The number of halogens is 1. The van der Waals surface area contributed by atoms with E-state index < -0.39 is 28.9 Å². The molecule has 3 amide bonds. The highest BCUT2D eigenvalue weighted by Gasteiger charge is 2.55. The second-order valence-corrected chi connectivity index (χ2v) is 9.54. The Hall–Kier alpha value is -1.61. The number of hydrogen-bond acceptors (Lipinski definition) is 4. The van der Waals surface area contributed by atoms with Gasteiger partial charge in [-0.15, -0.1) is 11.3 Å². The molecule has 7 nitrogen and oxygen atoms in total. The third-order valence-electron chi connectivity index (χ3n) is 4.65. The molecule has 1 aromatic heterocycles. The van der Waals surface area contributed by atoms with Crippen molar-refractivity contribution in [3.8, 4) is 0 Å². The molecule has 1 aromatic rings. The fraction of sp³-hybridized carbons (Fsp3) is 0.562. The summed E-state index contributed by atoms with van der Waals surface area (Å²) in [6, 6.07) is 1.60. The van der Waals surface area contributed by atoms with Crippen molar-refractivity contribution in [2.45, 2.75) is 45.6 Å². The lowest BCUT2D eigenvalue weighted by Gasteiger charge is -2.51. The maximum absolute atomic E-state index is 13.3. The van der Waals surface area contributed by atoms with Gasteiger partial charge in [0.25, 0.3) is 11.8 Å². The summed E-state index contributed by atoms with van der Waals surface area (Å²) < 4.78 is 0.653. The van der Waals surface area contributed by atoms with Gasteiger partial charge in [-0.25, -0.2) is 4.79 Å². The number of anilines is 1. The van der Waals surface area contributed by atoms with E-state index in [1.165, 1.54) is 4.90 Å². The number of rotatable bonds is 3. The predicted octanol–water partition coefficient (Wildman–Crippen LogP) is 3.50. The molecule has 1 saturated heterocycles. The molecule has 0 aromatic carbocycles. The fourth-order valence-corrected chi connectivity index (χ4v) is 4.86. The Bertz CT molecular complexity index is 713. The second kappa shape index (κ2) is 6.95. The van der Waals surface area contributed by atoms with E-state index in [-0.39, 0.29) is 4.88 Å². The van der Waals surface area contributed by atoms with E-state index in [1.54, 1.807) is 6.07 Å². The van der Waals surface area contributed by atoms with Crippen LogP contribution in [0.5, 0.6) is 0 Å². The lowest BCUT2D eigenvalue weighted by Crippen LogP contribution is -2.67. The van der Waals surface area contributed by atoms with Crippen molar-refractivity contribution in [2.75, 3.05) is 11.9 Å². The molecule has 2 heterocycles. The number of piperidine rings is 1. The zero-order valence-corrected chi connectivity index (χ0v) is 16.8. The molecule has 0 bridgehead atoms. The van der Waals surface area contributed by atoms with Crippen LogP contribution < -0.4 is 11.1 Å². The molecule has 1 aliphatic rings. The standard InChI is InChI=1S/C16H22BrN3O4S/c1-15(2,3)16(6-4-5-7-20(16)14(23)24)13(22)19-9-8-10(17)25-11(9)12(18)21/h8H,4-7H2,1-3H3,(H2,18,21)(H,19,22)(H,23,24)/t16-/m1/s1. The summed E-state index contributed by atoms with van der Waals surface area (Å²) in [6.45, 7) is 5.86. The number of nitrogens with zero attached hydrogens (tertiary/aromatic N) is 1. The summed E-state index contributed by atoms with van der Waals surface area (Å²) in [5.41, 5.74) is 3.82. The minimum atomic E-state index is -1.22. The van der Waals surface area contributed by atoms with Gasteiger partial charge >= 0.3 is 6.09 Å². The number of carbonyl (C=O) groups is 3. The highest BCUT2D eigenvalue weighted by Crippen LogP contribution is 2.44. The lowest BCUT2D eigenvalue weighted by atomic mass is 9.67. The van der Waals surface area contributed by atoms with Crippen molar-refractivity contribution < 1.29 is 19.5 Å². The lowest BCUT2D eigenvalue weighted by molar-refractivity contribution is -0.137. The van der Waals surface area contributed by atoms with E-state index in [9.17, 15) is 19.5 Å². The number of thiophene rings is 1. The molecule has 25 heavy (non-hydrogen) atoms. The van der Waals surface area contributed by atoms with Crippen molar-refractivity contribution >= 4 is 50.9 Å². The molecule has 0 spiro atoms. The summed E-state index contributed by atoms with van der Waals surface area (Å²) in [7, 11) is 0. The van der Waals surface area contributed by atoms with Gasteiger partial charge in [-0.3, -0.25) is 14.5 Å². The summed E-state index contributed by atoms with van der Waals surface area (Å²) in [5, 5.41) is 12.4. The first kappa shape index (κ1) is 19.7. The highest BCUT2D eigenvalue weighted by atomic mass is 79.9. The Morgan fingerprint density at radius 1 is 1.36 bits per heavy atom. The molecular weight excluding hydrogens is 410 g/mol. The Morgan fingerprint density at radius 2 is 2.00 bits per heavy atom. The SMILES string of the molecule is CC(C)(C)[C@]1(C(=O)Nc2cc(Br)sc2C(N)=O)CCCCN1C(=O)O. The summed E-state index contributed by atoms with van der Waals surface area (Å²) in [4.78, 5) is 38.1. The van der Waals surface area contributed by atoms with Crippen LogP contribution in [-0.2, 0) is 4.79 Å². The summed E-state index contributed by atoms with van der Waals surface area (Å²) in [6.07, 6.45) is 0.774. The molecule has 0 saturated carbocycles. The topological polar surface area (TPSA) is 113 Å². The molecule has 138 valence electrons. The van der Waals surface area contributed by atoms with E-state index in [2.05, 4.69) is 21.2 Å². The smallest absolute Gasteiger partial charge is 0.408 e. The van der Waals surface area contributed by atoms with Crippen LogP contribution in [0.15, 0.2) is 9.85 Å². The number of amides is 3. The molecule has 1 atom stereocenters. The van der Waals surface area contributed by atoms with Crippen LogP contribution in [0.3, 0.4) is 0 Å². The van der Waals surface area contributed by atoms with Crippen LogP contribution in [0.2, 0.25) is 0 Å². The summed E-state index contributed by atoms with van der Waals surface area (Å²) in [5.74, 6) is -1.08. The van der Waals surface area contributed by atoms with E-state index in [4.69, 9.17) is 5.73 Å². The number of hydrogen-bond donors (Lipinski definition) is 3. The van der Waals surface area contributed by atoms with E-state index in [1.807, 2.05) is 20.8 Å². The molecule has 1 fully saturated rings. The molecule has 1 aliphatic heterocycles. The first-order valence-electron chi connectivity index (χ1n) is 7.92. The fourth-order valence-electron chi connectivity index (χ4n) is 3.45. The maximum Gasteiger partial charge on any atom is 0.408 e. The number of carboxylic acid groups (broad SMARTS) is 1. The van der Waals surface area contributed by atoms with E-state index >= 15 is 0 Å².